The van der Waals surface area contributed by atoms with Crippen molar-refractivity contribution >= 4 is 17.0 Å². The molecule has 3 fully saturated rings. The standard InChI is InChI=1S/C17H23N5O4/c23-5-11-13(24)14(25)17(26-11)22-7-20-12-15(18-6-19-16(12)22)21-10-4-8-1-2-9(10)3-8/h6-11,13-14,17,23-25H,1-5H2,(H,18,19,21)/t8-,9+,10-,11+,13+,14+,17+/m0/s1. The molecule has 0 spiro atoms. The van der Waals surface area contributed by atoms with E-state index in [4.69, 9.17) is 4.74 Å². The summed E-state index contributed by atoms with van der Waals surface area (Å²) in [5.41, 5.74) is 1.15. The van der Waals surface area contributed by atoms with Crippen LogP contribution >= 0.6 is 0 Å². The van der Waals surface area contributed by atoms with Crippen LogP contribution in [0.3, 0.4) is 0 Å². The Kier molecular flexibility index (Phi) is 3.85. The predicted molar refractivity (Wildman–Crippen MR) is 91.2 cm³/mol. The lowest BCUT2D eigenvalue weighted by Crippen LogP contribution is -2.33. The van der Waals surface area contributed by atoms with E-state index < -0.39 is 24.5 Å². The van der Waals surface area contributed by atoms with E-state index in [1.54, 1.807) is 4.57 Å². The largest absolute Gasteiger partial charge is 0.394 e. The van der Waals surface area contributed by atoms with Gasteiger partial charge >= 0.3 is 0 Å². The number of nitrogens with zero attached hydrogens (tertiary/aromatic N) is 4. The smallest absolute Gasteiger partial charge is 0.167 e. The van der Waals surface area contributed by atoms with Crippen LogP contribution in [0.2, 0.25) is 0 Å². The third kappa shape index (κ3) is 2.42. The lowest BCUT2D eigenvalue weighted by Gasteiger charge is -2.23. The van der Waals surface area contributed by atoms with E-state index in [0.717, 1.165) is 5.92 Å². The molecular weight excluding hydrogens is 338 g/mol. The molecule has 0 unspecified atom stereocenters. The number of rotatable bonds is 4. The van der Waals surface area contributed by atoms with Crippen LogP contribution in [0.15, 0.2) is 12.7 Å². The molecule has 9 heteroatoms. The molecule has 0 aromatic carbocycles. The molecular formula is C17H23N5O4. The Balaban J connectivity index is 1.44. The summed E-state index contributed by atoms with van der Waals surface area (Å²) in [7, 11) is 0. The van der Waals surface area contributed by atoms with Crippen molar-refractivity contribution in [3.05, 3.63) is 12.7 Å². The second-order valence-corrected chi connectivity index (χ2v) is 7.70. The van der Waals surface area contributed by atoms with E-state index in [2.05, 4.69) is 20.3 Å². The number of hydrogen-bond acceptors (Lipinski definition) is 8. The van der Waals surface area contributed by atoms with Crippen molar-refractivity contribution in [2.45, 2.75) is 56.3 Å². The SMILES string of the molecule is OC[C@H]1O[C@@H](n2cnc3c(N[C@H]4C[C@H]5CC[C@@H]4C5)ncnc32)[C@H](O)[C@@H]1O. The summed E-state index contributed by atoms with van der Waals surface area (Å²) in [4.78, 5) is 13.1. The fourth-order valence-electron chi connectivity index (χ4n) is 4.85. The molecule has 2 saturated carbocycles. The quantitative estimate of drug-likeness (QED) is 0.601. The first-order valence-electron chi connectivity index (χ1n) is 9.22. The van der Waals surface area contributed by atoms with Crippen molar-refractivity contribution in [3.8, 4) is 0 Å². The number of aliphatic hydroxyl groups excluding tert-OH is 3. The summed E-state index contributed by atoms with van der Waals surface area (Å²) in [6.45, 7) is -0.368. The van der Waals surface area contributed by atoms with Gasteiger partial charge in [-0.15, -0.1) is 0 Å². The van der Waals surface area contributed by atoms with E-state index >= 15 is 0 Å². The van der Waals surface area contributed by atoms with Crippen LogP contribution < -0.4 is 5.32 Å². The zero-order valence-corrected chi connectivity index (χ0v) is 14.3. The van der Waals surface area contributed by atoms with Crippen LogP contribution in [0.5, 0.6) is 0 Å². The molecule has 2 aliphatic carbocycles. The second kappa shape index (κ2) is 6.12. The molecule has 7 atom stereocenters. The molecule has 4 N–H and O–H groups in total. The number of ether oxygens (including phenoxy) is 1. The fourth-order valence-corrected chi connectivity index (χ4v) is 4.85. The minimum atomic E-state index is -1.17. The van der Waals surface area contributed by atoms with Crippen molar-refractivity contribution in [1.82, 2.24) is 19.5 Å². The van der Waals surface area contributed by atoms with Crippen molar-refractivity contribution < 1.29 is 20.1 Å². The number of nitrogens with one attached hydrogen (secondary N) is 1. The number of imidazole rings is 1. The molecule has 0 radical (unpaired) electrons. The van der Waals surface area contributed by atoms with Gasteiger partial charge in [0, 0.05) is 6.04 Å². The van der Waals surface area contributed by atoms with E-state index in [9.17, 15) is 15.3 Å². The van der Waals surface area contributed by atoms with E-state index in [1.165, 1.54) is 38.3 Å². The first kappa shape index (κ1) is 16.4. The molecule has 140 valence electrons. The van der Waals surface area contributed by atoms with Gasteiger partial charge in [-0.1, -0.05) is 6.42 Å². The first-order valence-corrected chi connectivity index (χ1v) is 9.22. The topological polar surface area (TPSA) is 126 Å². The molecule has 0 amide bonds. The minimum absolute atomic E-state index is 0.368. The summed E-state index contributed by atoms with van der Waals surface area (Å²) in [5.74, 6) is 2.22. The summed E-state index contributed by atoms with van der Waals surface area (Å²) >= 11 is 0. The van der Waals surface area contributed by atoms with Crippen molar-refractivity contribution in [1.29, 1.82) is 0 Å². The fraction of sp³-hybridized carbons (Fsp3) is 0.706. The van der Waals surface area contributed by atoms with Gasteiger partial charge in [0.1, 0.15) is 24.6 Å². The van der Waals surface area contributed by atoms with E-state index in [0.29, 0.717) is 28.9 Å². The van der Waals surface area contributed by atoms with Crippen LogP contribution in [0.25, 0.3) is 11.2 Å². The molecule has 1 aliphatic heterocycles. The Morgan fingerprint density at radius 2 is 2.04 bits per heavy atom. The molecule has 26 heavy (non-hydrogen) atoms. The number of hydrogen-bond donors (Lipinski definition) is 4. The normalized spacial score (nSPS) is 39.1. The summed E-state index contributed by atoms with van der Waals surface area (Å²) in [5, 5.41) is 33.1. The Labute approximate surface area is 150 Å². The van der Waals surface area contributed by atoms with Crippen molar-refractivity contribution in [2.24, 2.45) is 11.8 Å². The highest BCUT2D eigenvalue weighted by atomic mass is 16.6. The maximum Gasteiger partial charge on any atom is 0.167 e. The van der Waals surface area contributed by atoms with Crippen LogP contribution in [0.4, 0.5) is 5.82 Å². The molecule has 1 saturated heterocycles. The van der Waals surface area contributed by atoms with Gasteiger partial charge in [0.15, 0.2) is 23.2 Å². The van der Waals surface area contributed by atoms with Crippen LogP contribution in [-0.2, 0) is 4.74 Å². The number of aliphatic hydroxyl groups is 3. The summed E-state index contributed by atoms with van der Waals surface area (Å²) in [6, 6.07) is 0.422. The van der Waals surface area contributed by atoms with Crippen LogP contribution in [-0.4, -0.2) is 65.8 Å². The van der Waals surface area contributed by atoms with Gasteiger partial charge in [0.2, 0.25) is 0 Å². The van der Waals surface area contributed by atoms with Gasteiger partial charge in [0.25, 0.3) is 0 Å². The van der Waals surface area contributed by atoms with Crippen LogP contribution in [0.1, 0.15) is 31.9 Å². The predicted octanol–water partition coefficient (Wildman–Crippen LogP) is 0.0383. The maximum absolute atomic E-state index is 10.3. The highest BCUT2D eigenvalue weighted by Gasteiger charge is 2.44. The van der Waals surface area contributed by atoms with E-state index in [1.807, 2.05) is 0 Å². The molecule has 5 rings (SSSR count). The molecule has 9 nitrogen and oxygen atoms in total. The Morgan fingerprint density at radius 1 is 1.15 bits per heavy atom. The van der Waals surface area contributed by atoms with Crippen molar-refractivity contribution in [2.75, 3.05) is 11.9 Å². The van der Waals surface area contributed by atoms with E-state index in [-0.39, 0.29) is 6.61 Å². The highest BCUT2D eigenvalue weighted by Crippen LogP contribution is 2.45. The number of anilines is 1. The second-order valence-electron chi connectivity index (χ2n) is 7.70. The zero-order valence-electron chi connectivity index (χ0n) is 14.3. The lowest BCUT2D eigenvalue weighted by atomic mass is 9.95. The zero-order chi connectivity index (χ0) is 17.8. The molecule has 2 bridgehead atoms. The maximum atomic E-state index is 10.3. The number of fused-ring (bicyclic) bond motifs is 3. The molecule has 2 aromatic heterocycles. The van der Waals surface area contributed by atoms with Gasteiger partial charge in [-0.25, -0.2) is 15.0 Å². The summed E-state index contributed by atoms with van der Waals surface area (Å²) in [6.07, 6.45) is 4.07. The average Bonchev–Trinajstić information content (AvgIpc) is 3.41. The van der Waals surface area contributed by atoms with Gasteiger partial charge in [-0.3, -0.25) is 4.57 Å². The van der Waals surface area contributed by atoms with Crippen molar-refractivity contribution in [3.63, 3.8) is 0 Å². The van der Waals surface area contributed by atoms with Gasteiger partial charge in [-0.05, 0) is 31.1 Å². The molecule has 2 aromatic rings. The first-order chi connectivity index (χ1) is 12.7. The number of aromatic nitrogens is 4. The van der Waals surface area contributed by atoms with Gasteiger partial charge < -0.3 is 25.4 Å². The Bertz CT molecular complexity index is 814. The Hall–Kier alpha value is -1.81. The summed E-state index contributed by atoms with van der Waals surface area (Å²) < 4.78 is 7.18. The third-order valence-electron chi connectivity index (χ3n) is 6.21. The average molecular weight is 361 g/mol. The third-order valence-corrected chi connectivity index (χ3v) is 6.21. The van der Waals surface area contributed by atoms with Crippen LogP contribution in [0, 0.1) is 11.8 Å². The monoisotopic (exact) mass is 361 g/mol. The lowest BCUT2D eigenvalue weighted by molar-refractivity contribution is -0.0511. The van der Waals surface area contributed by atoms with Gasteiger partial charge in [-0.2, -0.15) is 0 Å². The Morgan fingerprint density at radius 3 is 2.73 bits per heavy atom. The highest BCUT2D eigenvalue weighted by molar-refractivity contribution is 5.82. The van der Waals surface area contributed by atoms with Gasteiger partial charge in [0.05, 0.1) is 12.9 Å². The minimum Gasteiger partial charge on any atom is -0.394 e. The molecule has 3 heterocycles. The molecule has 3 aliphatic rings.